The third-order valence-corrected chi connectivity index (χ3v) is 4.54. The number of ether oxygens (including phenoxy) is 1. The molecule has 0 N–H and O–H groups in total. The van der Waals surface area contributed by atoms with Gasteiger partial charge in [0.15, 0.2) is 0 Å². The summed E-state index contributed by atoms with van der Waals surface area (Å²) in [5.41, 5.74) is 0. The van der Waals surface area contributed by atoms with E-state index in [1.807, 2.05) is 0 Å². The molecule has 0 aliphatic heterocycles. The Balaban J connectivity index is 3.20. The van der Waals surface area contributed by atoms with Crippen molar-refractivity contribution in [1.29, 1.82) is 0 Å². The number of ketones is 1. The fraction of sp³-hybridized carbons (Fsp3) is 0.818. The van der Waals surface area contributed by atoms with E-state index >= 15 is 0 Å². The largest absolute Gasteiger partial charge is 0.435 e. The minimum absolute atomic E-state index is 0.0276. The third kappa shape index (κ3) is 19.1. The van der Waals surface area contributed by atoms with Crippen molar-refractivity contribution in [3.8, 4) is 0 Å². The van der Waals surface area contributed by atoms with E-state index in [1.165, 1.54) is 70.6 Å². The Morgan fingerprint density at radius 2 is 1.24 bits per heavy atom. The molecule has 3 nitrogen and oxygen atoms in total. The Bertz CT molecular complexity index is 347. The first-order valence-corrected chi connectivity index (χ1v) is 10.4. The third-order valence-electron chi connectivity index (χ3n) is 4.54. The van der Waals surface area contributed by atoms with E-state index in [-0.39, 0.29) is 12.2 Å². The van der Waals surface area contributed by atoms with Gasteiger partial charge < -0.3 is 4.74 Å². The average molecular weight is 353 g/mol. The molecule has 0 radical (unpaired) electrons. The number of carbonyl (C=O) groups excluding carboxylic acids is 2. The van der Waals surface area contributed by atoms with Gasteiger partial charge in [-0.3, -0.25) is 9.59 Å². The summed E-state index contributed by atoms with van der Waals surface area (Å²) in [5.74, 6) is 0.326. The van der Waals surface area contributed by atoms with E-state index < -0.39 is 5.97 Å². The molecule has 0 aromatic heterocycles. The molecule has 0 saturated carbocycles. The van der Waals surface area contributed by atoms with Gasteiger partial charge in [-0.15, -0.1) is 0 Å². The van der Waals surface area contributed by atoms with E-state index in [1.54, 1.807) is 0 Å². The summed E-state index contributed by atoms with van der Waals surface area (Å²) in [6, 6.07) is 0. The fourth-order valence-electron chi connectivity index (χ4n) is 3.03. The van der Waals surface area contributed by atoms with Gasteiger partial charge in [-0.05, 0) is 12.3 Å². The quantitative estimate of drug-likeness (QED) is 0.119. The maximum absolute atomic E-state index is 11.5. The molecule has 146 valence electrons. The van der Waals surface area contributed by atoms with Crippen LogP contribution in [-0.4, -0.2) is 11.8 Å². The lowest BCUT2D eigenvalue weighted by molar-refractivity contribution is -0.141. The molecule has 0 aromatic rings. The van der Waals surface area contributed by atoms with Crippen molar-refractivity contribution in [2.75, 3.05) is 0 Å². The smallest absolute Gasteiger partial charge is 0.318 e. The van der Waals surface area contributed by atoms with Gasteiger partial charge in [0.25, 0.3) is 0 Å². The second-order valence-electron chi connectivity index (χ2n) is 7.55. The van der Waals surface area contributed by atoms with E-state index in [0.717, 1.165) is 25.0 Å². The molecule has 0 amide bonds. The molecular weight excluding hydrogens is 312 g/mol. The van der Waals surface area contributed by atoms with E-state index in [0.29, 0.717) is 6.42 Å². The van der Waals surface area contributed by atoms with Crippen molar-refractivity contribution in [2.45, 2.75) is 110 Å². The number of hydrogen-bond donors (Lipinski definition) is 0. The summed E-state index contributed by atoms with van der Waals surface area (Å²) >= 11 is 0. The fourth-order valence-corrected chi connectivity index (χ4v) is 3.03. The first-order valence-electron chi connectivity index (χ1n) is 10.4. The Hall–Kier alpha value is -1.12. The summed E-state index contributed by atoms with van der Waals surface area (Å²) < 4.78 is 4.54. The molecule has 0 atom stereocenters. The monoisotopic (exact) mass is 352 g/mol. The van der Waals surface area contributed by atoms with Crippen molar-refractivity contribution < 1.29 is 14.3 Å². The molecule has 0 aromatic carbocycles. The molecule has 0 fully saturated rings. The Morgan fingerprint density at radius 1 is 0.800 bits per heavy atom. The van der Waals surface area contributed by atoms with Gasteiger partial charge in [-0.1, -0.05) is 97.5 Å². The van der Waals surface area contributed by atoms with Gasteiger partial charge in [-0.2, -0.15) is 0 Å². The van der Waals surface area contributed by atoms with Gasteiger partial charge >= 0.3 is 5.97 Å². The van der Waals surface area contributed by atoms with Crippen LogP contribution in [0.2, 0.25) is 0 Å². The van der Waals surface area contributed by atoms with E-state index in [9.17, 15) is 9.59 Å². The SMILES string of the molecule is C=COC(=O)CC(=O)CCCCCCCCCCCCCCC(C)C. The molecule has 25 heavy (non-hydrogen) atoms. The number of rotatable bonds is 18. The summed E-state index contributed by atoms with van der Waals surface area (Å²) in [5, 5.41) is 0. The highest BCUT2D eigenvalue weighted by Crippen LogP contribution is 2.14. The van der Waals surface area contributed by atoms with Crippen LogP contribution in [0.5, 0.6) is 0 Å². The number of hydrogen-bond acceptors (Lipinski definition) is 3. The second kappa shape index (κ2) is 17.7. The molecule has 0 heterocycles. The molecule has 0 aliphatic rings. The summed E-state index contributed by atoms with van der Waals surface area (Å²) in [4.78, 5) is 22.6. The predicted molar refractivity (Wildman–Crippen MR) is 105 cm³/mol. The number of esters is 1. The molecule has 0 aliphatic carbocycles. The zero-order valence-corrected chi connectivity index (χ0v) is 16.7. The number of unbranched alkanes of at least 4 members (excludes halogenated alkanes) is 11. The second-order valence-corrected chi connectivity index (χ2v) is 7.55. The molecule has 0 saturated heterocycles. The Labute approximate surface area is 155 Å². The lowest BCUT2D eigenvalue weighted by Crippen LogP contribution is -2.08. The highest BCUT2D eigenvalue weighted by molar-refractivity contribution is 5.95. The average Bonchev–Trinajstić information content (AvgIpc) is 2.55. The Morgan fingerprint density at radius 3 is 1.68 bits per heavy atom. The van der Waals surface area contributed by atoms with Crippen molar-refractivity contribution in [3.63, 3.8) is 0 Å². The van der Waals surface area contributed by atoms with Crippen LogP contribution in [0.25, 0.3) is 0 Å². The summed E-state index contributed by atoms with van der Waals surface area (Å²) in [6.45, 7) is 7.91. The van der Waals surface area contributed by atoms with Gasteiger partial charge in [0.1, 0.15) is 12.2 Å². The number of carbonyl (C=O) groups is 2. The van der Waals surface area contributed by atoms with Crippen LogP contribution in [0.1, 0.15) is 110 Å². The number of Topliss-reactive ketones (excluding diaryl/α,β-unsaturated/α-hetero) is 1. The highest BCUT2D eigenvalue weighted by Gasteiger charge is 2.09. The van der Waals surface area contributed by atoms with E-state index in [4.69, 9.17) is 0 Å². The minimum Gasteiger partial charge on any atom is -0.435 e. The topological polar surface area (TPSA) is 43.4 Å². The van der Waals surface area contributed by atoms with Crippen molar-refractivity contribution >= 4 is 11.8 Å². The summed E-state index contributed by atoms with van der Waals surface area (Å²) in [7, 11) is 0. The zero-order valence-electron chi connectivity index (χ0n) is 16.7. The van der Waals surface area contributed by atoms with Gasteiger partial charge in [0.2, 0.25) is 0 Å². The van der Waals surface area contributed by atoms with Crippen LogP contribution in [-0.2, 0) is 14.3 Å². The van der Waals surface area contributed by atoms with Crippen LogP contribution in [0, 0.1) is 5.92 Å². The van der Waals surface area contributed by atoms with E-state index in [2.05, 4.69) is 25.2 Å². The van der Waals surface area contributed by atoms with Gasteiger partial charge in [0.05, 0.1) is 6.26 Å². The normalized spacial score (nSPS) is 10.8. The maximum Gasteiger partial charge on any atom is 0.318 e. The molecule has 0 unspecified atom stereocenters. The first kappa shape index (κ1) is 23.9. The van der Waals surface area contributed by atoms with Crippen LogP contribution in [0.3, 0.4) is 0 Å². The standard InChI is InChI=1S/C22H40O3/c1-4-25-22(24)19-21(23)18-16-14-12-10-8-6-5-7-9-11-13-15-17-20(2)3/h4,20H,1,5-19H2,2-3H3. The summed E-state index contributed by atoms with van der Waals surface area (Å²) in [6.07, 6.45) is 18.3. The molecule has 0 spiro atoms. The van der Waals surface area contributed by atoms with Crippen LogP contribution in [0.15, 0.2) is 12.8 Å². The predicted octanol–water partition coefficient (Wildman–Crippen LogP) is 6.75. The van der Waals surface area contributed by atoms with Crippen LogP contribution in [0.4, 0.5) is 0 Å². The molecular formula is C22H40O3. The minimum atomic E-state index is -0.500. The first-order chi connectivity index (χ1) is 12.1. The van der Waals surface area contributed by atoms with Crippen molar-refractivity contribution in [2.24, 2.45) is 5.92 Å². The lowest BCUT2D eigenvalue weighted by Gasteiger charge is -2.05. The lowest BCUT2D eigenvalue weighted by atomic mass is 10.0. The van der Waals surface area contributed by atoms with Crippen molar-refractivity contribution in [1.82, 2.24) is 0 Å². The Kier molecular flexibility index (Phi) is 16.9. The van der Waals surface area contributed by atoms with Crippen molar-refractivity contribution in [3.05, 3.63) is 12.8 Å². The van der Waals surface area contributed by atoms with Crippen LogP contribution < -0.4 is 0 Å². The van der Waals surface area contributed by atoms with Gasteiger partial charge in [0, 0.05) is 6.42 Å². The van der Waals surface area contributed by atoms with Crippen LogP contribution >= 0.6 is 0 Å². The maximum atomic E-state index is 11.5. The molecule has 0 rings (SSSR count). The molecule has 0 bridgehead atoms. The zero-order chi connectivity index (χ0) is 18.8. The van der Waals surface area contributed by atoms with Gasteiger partial charge in [-0.25, -0.2) is 0 Å². The highest BCUT2D eigenvalue weighted by atomic mass is 16.5. The molecule has 3 heteroatoms.